The number of benzene rings is 2. The normalized spacial score (nSPS) is 31.9. The summed E-state index contributed by atoms with van der Waals surface area (Å²) < 4.78 is 0. The summed E-state index contributed by atoms with van der Waals surface area (Å²) in [5, 5.41) is 14.5. The fourth-order valence-electron chi connectivity index (χ4n) is 7.93. The highest BCUT2D eigenvalue weighted by Gasteiger charge is 2.59. The van der Waals surface area contributed by atoms with Crippen LogP contribution >= 0.6 is 0 Å². The lowest BCUT2D eigenvalue weighted by atomic mass is 9.68. The number of phenols is 1. The Hall–Kier alpha value is -3.09. The van der Waals surface area contributed by atoms with Gasteiger partial charge in [0.25, 0.3) is 0 Å². The smallest absolute Gasteiger partial charge is 0.236 e. The molecule has 0 radical (unpaired) electrons. The van der Waals surface area contributed by atoms with Crippen molar-refractivity contribution in [1.82, 2.24) is 14.8 Å². The van der Waals surface area contributed by atoms with Crippen LogP contribution in [0.4, 0.5) is 5.69 Å². The Labute approximate surface area is 212 Å². The zero-order valence-corrected chi connectivity index (χ0v) is 20.8. The number of H-pyrrole nitrogens is 1. The van der Waals surface area contributed by atoms with Crippen LogP contribution in [0.2, 0.25) is 0 Å². The highest BCUT2D eigenvalue weighted by molar-refractivity contribution is 6.07. The van der Waals surface area contributed by atoms with Crippen molar-refractivity contribution in [2.24, 2.45) is 11.8 Å². The molecule has 0 saturated carbocycles. The van der Waals surface area contributed by atoms with E-state index in [4.69, 9.17) is 0 Å². The van der Waals surface area contributed by atoms with E-state index in [0.29, 0.717) is 17.9 Å². The summed E-state index contributed by atoms with van der Waals surface area (Å²) in [4.78, 5) is 22.3. The first-order valence-electron chi connectivity index (χ1n) is 13.3. The first-order valence-corrected chi connectivity index (χ1v) is 13.3. The van der Waals surface area contributed by atoms with Crippen LogP contribution in [0.15, 0.2) is 55.1 Å². The van der Waals surface area contributed by atoms with E-state index >= 15 is 0 Å². The molecule has 1 amide bonds. The summed E-state index contributed by atoms with van der Waals surface area (Å²) in [5.41, 5.74) is 5.38. The van der Waals surface area contributed by atoms with Crippen molar-refractivity contribution >= 4 is 22.5 Å². The molecule has 1 spiro atoms. The molecule has 1 aromatic heterocycles. The van der Waals surface area contributed by atoms with E-state index in [2.05, 4.69) is 64.1 Å². The Morgan fingerprint density at radius 1 is 1.22 bits per heavy atom. The Bertz CT molecular complexity index is 1380. The number of fused-ring (bicyclic) bond motifs is 7. The maximum atomic E-state index is 13.5. The fraction of sp³-hybridized carbons (Fsp3) is 0.433. The topological polar surface area (TPSA) is 71.6 Å². The molecule has 6 nitrogen and oxygen atoms in total. The predicted octanol–water partition coefficient (Wildman–Crippen LogP) is 4.58. The number of piperidine rings is 1. The predicted molar refractivity (Wildman–Crippen MR) is 142 cm³/mol. The number of amides is 1. The van der Waals surface area contributed by atoms with Crippen LogP contribution in [-0.2, 0) is 16.6 Å². The molecule has 5 heterocycles. The number of aromatic amines is 1. The molecule has 3 aromatic rings. The van der Waals surface area contributed by atoms with Crippen LogP contribution in [0.3, 0.4) is 0 Å². The first-order chi connectivity index (χ1) is 17.5. The summed E-state index contributed by atoms with van der Waals surface area (Å²) in [6, 6.07) is 14.6. The van der Waals surface area contributed by atoms with Gasteiger partial charge >= 0.3 is 0 Å². The molecule has 0 bridgehead atoms. The number of likely N-dealkylation sites (N-methyl/N-ethyl adjacent to an activating group) is 1. The van der Waals surface area contributed by atoms with E-state index < -0.39 is 5.41 Å². The lowest BCUT2D eigenvalue weighted by Gasteiger charge is -2.46. The summed E-state index contributed by atoms with van der Waals surface area (Å²) in [7, 11) is 2.25. The third-order valence-electron chi connectivity index (χ3n) is 9.77. The molecule has 6 heteroatoms. The van der Waals surface area contributed by atoms with Gasteiger partial charge in [0.1, 0.15) is 5.75 Å². The molecule has 3 N–H and O–H groups in total. The van der Waals surface area contributed by atoms with Gasteiger partial charge in [-0.25, -0.2) is 0 Å². The standard InChI is InChI=1S/C30H34N4O2/c1-3-18-17-34-13-11-30(23-9-8-20(35)16-25(23)32-29(30)36)27(34)15-19(18)14-26-28-22(10-12-33(26)2)21-6-4-5-7-24(21)31-28/h3-9,16,18-19,26-27,31,35H,1,10-15,17H2,2H3,(H,32,36). The van der Waals surface area contributed by atoms with E-state index in [9.17, 15) is 9.90 Å². The Balaban J connectivity index is 1.24. The fourth-order valence-corrected chi connectivity index (χ4v) is 7.93. The van der Waals surface area contributed by atoms with E-state index in [0.717, 1.165) is 56.6 Å². The van der Waals surface area contributed by atoms with Crippen molar-refractivity contribution in [3.8, 4) is 5.75 Å². The summed E-state index contributed by atoms with van der Waals surface area (Å²) in [6.07, 6.45) is 6.09. The lowest BCUT2D eigenvalue weighted by Crippen LogP contribution is -2.53. The van der Waals surface area contributed by atoms with Crippen molar-refractivity contribution in [3.05, 3.63) is 71.9 Å². The zero-order valence-electron chi connectivity index (χ0n) is 20.8. The van der Waals surface area contributed by atoms with Crippen LogP contribution in [-0.4, -0.2) is 58.5 Å². The van der Waals surface area contributed by atoms with Gasteiger partial charge in [0.2, 0.25) is 5.91 Å². The van der Waals surface area contributed by atoms with E-state index in [-0.39, 0.29) is 17.7 Å². The van der Waals surface area contributed by atoms with Crippen molar-refractivity contribution in [2.75, 3.05) is 32.0 Å². The highest BCUT2D eigenvalue weighted by atomic mass is 16.3. The van der Waals surface area contributed by atoms with Crippen molar-refractivity contribution in [2.45, 2.75) is 43.2 Å². The highest BCUT2D eigenvalue weighted by Crippen LogP contribution is 2.54. The molecule has 2 fully saturated rings. The average Bonchev–Trinajstić information content (AvgIpc) is 3.52. The van der Waals surface area contributed by atoms with Gasteiger partial charge in [0, 0.05) is 47.5 Å². The third-order valence-corrected chi connectivity index (χ3v) is 9.77. The number of aromatic nitrogens is 1. The van der Waals surface area contributed by atoms with Crippen LogP contribution in [0, 0.1) is 11.8 Å². The summed E-state index contributed by atoms with van der Waals surface area (Å²) >= 11 is 0. The molecule has 4 aliphatic heterocycles. The number of anilines is 1. The maximum absolute atomic E-state index is 13.5. The number of phenolic OH excluding ortho intramolecular Hbond substituents is 1. The summed E-state index contributed by atoms with van der Waals surface area (Å²) in [5.74, 6) is 1.14. The molecule has 5 unspecified atom stereocenters. The molecule has 4 aliphatic rings. The largest absolute Gasteiger partial charge is 0.508 e. The molecule has 2 saturated heterocycles. The number of aromatic hydroxyl groups is 1. The van der Waals surface area contributed by atoms with Crippen molar-refractivity contribution < 1.29 is 9.90 Å². The molecule has 5 atom stereocenters. The molecule has 7 rings (SSSR count). The molecular weight excluding hydrogens is 448 g/mol. The number of rotatable bonds is 3. The van der Waals surface area contributed by atoms with E-state index in [1.807, 2.05) is 6.07 Å². The number of nitrogens with zero attached hydrogens (tertiary/aromatic N) is 2. The number of carbonyl (C=O) groups is 1. The van der Waals surface area contributed by atoms with Crippen LogP contribution in [0.1, 0.15) is 42.1 Å². The molecule has 2 aromatic carbocycles. The van der Waals surface area contributed by atoms with Gasteiger partial charge in [-0.1, -0.05) is 30.3 Å². The second-order valence-electron chi connectivity index (χ2n) is 11.4. The first kappa shape index (κ1) is 22.1. The van der Waals surface area contributed by atoms with Gasteiger partial charge in [-0.05, 0) is 74.4 Å². The minimum Gasteiger partial charge on any atom is -0.508 e. The number of carbonyl (C=O) groups excluding carboxylic acids is 1. The van der Waals surface area contributed by atoms with Gasteiger partial charge < -0.3 is 15.4 Å². The van der Waals surface area contributed by atoms with E-state index in [1.54, 1.807) is 12.1 Å². The number of hydrogen-bond donors (Lipinski definition) is 3. The SMILES string of the molecule is C=CC1CN2CCC3(C(=O)Nc4cc(O)ccc43)C2CC1CC1c2[nH]c3ccccc3c2CCN1C. The molecular formula is C30H34N4O2. The Morgan fingerprint density at radius 3 is 2.94 bits per heavy atom. The summed E-state index contributed by atoms with van der Waals surface area (Å²) in [6.45, 7) is 7.17. The third kappa shape index (κ3) is 3.01. The van der Waals surface area contributed by atoms with Gasteiger partial charge in [-0.3, -0.25) is 14.6 Å². The molecule has 0 aliphatic carbocycles. The van der Waals surface area contributed by atoms with Crippen LogP contribution in [0.5, 0.6) is 5.75 Å². The minimum absolute atomic E-state index is 0.0964. The number of hydrogen-bond acceptors (Lipinski definition) is 4. The minimum atomic E-state index is -0.530. The van der Waals surface area contributed by atoms with Crippen LogP contribution in [0.25, 0.3) is 10.9 Å². The average molecular weight is 483 g/mol. The zero-order chi connectivity index (χ0) is 24.6. The van der Waals surface area contributed by atoms with Gasteiger partial charge in [0.15, 0.2) is 0 Å². The van der Waals surface area contributed by atoms with Gasteiger partial charge in [-0.15, -0.1) is 6.58 Å². The molecule has 36 heavy (non-hydrogen) atoms. The van der Waals surface area contributed by atoms with Crippen molar-refractivity contribution in [3.63, 3.8) is 0 Å². The molecule has 186 valence electrons. The Morgan fingerprint density at radius 2 is 2.08 bits per heavy atom. The second kappa shape index (κ2) is 7.95. The monoisotopic (exact) mass is 482 g/mol. The number of nitrogens with one attached hydrogen (secondary N) is 2. The van der Waals surface area contributed by atoms with E-state index in [1.165, 1.54) is 22.2 Å². The maximum Gasteiger partial charge on any atom is 0.236 e. The Kier molecular flexibility index (Phi) is 4.89. The second-order valence-corrected chi connectivity index (χ2v) is 11.4. The van der Waals surface area contributed by atoms with Gasteiger partial charge in [-0.2, -0.15) is 0 Å². The van der Waals surface area contributed by atoms with Crippen molar-refractivity contribution in [1.29, 1.82) is 0 Å². The lowest BCUT2D eigenvalue weighted by molar-refractivity contribution is -0.122. The quantitative estimate of drug-likeness (QED) is 0.478. The van der Waals surface area contributed by atoms with Gasteiger partial charge in [0.05, 0.1) is 11.5 Å². The van der Waals surface area contributed by atoms with Crippen LogP contribution < -0.4 is 5.32 Å². The number of para-hydroxylation sites is 1.